The lowest BCUT2D eigenvalue weighted by Crippen LogP contribution is -2.22. The zero-order valence-corrected chi connectivity index (χ0v) is 13.2. The number of Topliss-reactive ketones (excluding diaryl/α,β-unsaturated/α-hetero) is 1. The van der Waals surface area contributed by atoms with E-state index in [0.29, 0.717) is 25.0 Å². The molecule has 1 heterocycles. The van der Waals surface area contributed by atoms with Crippen molar-refractivity contribution in [3.05, 3.63) is 53.1 Å². The van der Waals surface area contributed by atoms with Gasteiger partial charge in [-0.15, -0.1) is 0 Å². The van der Waals surface area contributed by atoms with Crippen molar-refractivity contribution in [1.82, 2.24) is 4.98 Å². The highest BCUT2D eigenvalue weighted by Crippen LogP contribution is 2.34. The number of aliphatic imine (C=N–C) groups is 1. The number of allylic oxidation sites excluding steroid dienone is 4. The summed E-state index contributed by atoms with van der Waals surface area (Å²) in [4.78, 5) is 20.8. The first-order valence-electron chi connectivity index (χ1n) is 8.28. The molecule has 2 aliphatic rings. The zero-order valence-electron chi connectivity index (χ0n) is 13.2. The fourth-order valence-corrected chi connectivity index (χ4v) is 3.27. The van der Waals surface area contributed by atoms with Crippen molar-refractivity contribution in [2.75, 3.05) is 0 Å². The summed E-state index contributed by atoms with van der Waals surface area (Å²) in [6, 6.07) is 5.65. The van der Waals surface area contributed by atoms with Crippen molar-refractivity contribution in [1.29, 1.82) is 0 Å². The lowest BCUT2D eigenvalue weighted by Gasteiger charge is -2.26. The molecule has 0 saturated heterocycles. The van der Waals surface area contributed by atoms with Crippen LogP contribution in [0.2, 0.25) is 0 Å². The summed E-state index contributed by atoms with van der Waals surface area (Å²) in [7, 11) is 0. The number of aliphatic hydroxyl groups excluding tert-OH is 1. The number of hydrogen-bond acceptors (Lipinski definition) is 4. The van der Waals surface area contributed by atoms with E-state index in [-0.39, 0.29) is 17.5 Å². The smallest absolute Gasteiger partial charge is 0.168 e. The average molecular weight is 310 g/mol. The molecular weight excluding hydrogens is 288 g/mol. The number of carbonyl (C=O) groups is 1. The minimum Gasteiger partial charge on any atom is -0.511 e. The number of aromatic nitrogens is 1. The van der Waals surface area contributed by atoms with Crippen LogP contribution in [-0.4, -0.2) is 22.1 Å². The van der Waals surface area contributed by atoms with Gasteiger partial charge in [0.05, 0.1) is 17.8 Å². The van der Waals surface area contributed by atoms with Gasteiger partial charge in [-0.2, -0.15) is 0 Å². The summed E-state index contributed by atoms with van der Waals surface area (Å²) in [6.07, 6.45) is 11.1. The van der Waals surface area contributed by atoms with Crippen molar-refractivity contribution < 1.29 is 9.90 Å². The Bertz CT molecular complexity index is 659. The van der Waals surface area contributed by atoms with Crippen molar-refractivity contribution >= 4 is 12.0 Å². The largest absolute Gasteiger partial charge is 0.511 e. The molecule has 0 fully saturated rings. The molecule has 1 aromatic heterocycles. The Morgan fingerprint density at radius 2 is 2.22 bits per heavy atom. The fraction of sp³-hybridized carbons (Fsp3) is 0.421. The van der Waals surface area contributed by atoms with Crippen LogP contribution in [0, 0.1) is 5.92 Å². The molecule has 0 saturated carbocycles. The molecule has 0 aromatic carbocycles. The van der Waals surface area contributed by atoms with Gasteiger partial charge in [0.1, 0.15) is 5.76 Å². The van der Waals surface area contributed by atoms with E-state index in [1.165, 1.54) is 24.6 Å². The van der Waals surface area contributed by atoms with Crippen LogP contribution in [0.25, 0.3) is 0 Å². The third-order valence-electron chi connectivity index (χ3n) is 4.53. The molecule has 1 N–H and O–H groups in total. The Labute approximate surface area is 136 Å². The Balaban J connectivity index is 1.67. The number of ketones is 1. The number of carbonyl (C=O) groups excluding carboxylic acids is 1. The van der Waals surface area contributed by atoms with E-state index >= 15 is 0 Å². The van der Waals surface area contributed by atoms with E-state index in [2.05, 4.69) is 16.1 Å². The maximum Gasteiger partial charge on any atom is 0.168 e. The van der Waals surface area contributed by atoms with Crippen LogP contribution in [0.4, 0.5) is 0 Å². The SMILES string of the molecule is O=C1CC(C2=CCCCC2)CC(O)=C1C=NCc1ccccn1. The highest BCUT2D eigenvalue weighted by Gasteiger charge is 2.29. The third kappa shape index (κ3) is 3.95. The molecule has 0 amide bonds. The van der Waals surface area contributed by atoms with E-state index in [1.807, 2.05) is 18.2 Å². The van der Waals surface area contributed by atoms with Gasteiger partial charge in [-0.1, -0.05) is 17.7 Å². The van der Waals surface area contributed by atoms with Crippen LogP contribution in [0.1, 0.15) is 44.2 Å². The second-order valence-electron chi connectivity index (χ2n) is 6.20. The first-order chi connectivity index (χ1) is 11.2. The molecule has 3 rings (SSSR count). The van der Waals surface area contributed by atoms with E-state index < -0.39 is 0 Å². The van der Waals surface area contributed by atoms with Gasteiger partial charge >= 0.3 is 0 Å². The Morgan fingerprint density at radius 1 is 1.30 bits per heavy atom. The lowest BCUT2D eigenvalue weighted by molar-refractivity contribution is -0.116. The van der Waals surface area contributed by atoms with E-state index in [1.54, 1.807) is 6.20 Å². The molecule has 0 radical (unpaired) electrons. The van der Waals surface area contributed by atoms with Gasteiger partial charge in [0.2, 0.25) is 0 Å². The van der Waals surface area contributed by atoms with Gasteiger partial charge in [0.15, 0.2) is 5.78 Å². The van der Waals surface area contributed by atoms with Crippen LogP contribution in [0.5, 0.6) is 0 Å². The summed E-state index contributed by atoms with van der Waals surface area (Å²) < 4.78 is 0. The lowest BCUT2D eigenvalue weighted by atomic mass is 9.79. The number of rotatable bonds is 4. The molecule has 0 bridgehead atoms. The third-order valence-corrected chi connectivity index (χ3v) is 4.53. The number of hydrogen-bond donors (Lipinski definition) is 1. The number of aliphatic hydroxyl groups is 1. The monoisotopic (exact) mass is 310 g/mol. The predicted molar refractivity (Wildman–Crippen MR) is 90.4 cm³/mol. The first-order valence-corrected chi connectivity index (χ1v) is 8.28. The normalized spacial score (nSPS) is 22.5. The van der Waals surface area contributed by atoms with Crippen molar-refractivity contribution in [2.45, 2.75) is 45.1 Å². The highest BCUT2D eigenvalue weighted by molar-refractivity contribution is 6.14. The summed E-state index contributed by atoms with van der Waals surface area (Å²) >= 11 is 0. The number of pyridine rings is 1. The quantitative estimate of drug-likeness (QED) is 0.676. The summed E-state index contributed by atoms with van der Waals surface area (Å²) in [5.41, 5.74) is 2.56. The molecule has 0 spiro atoms. The van der Waals surface area contributed by atoms with Crippen LogP contribution in [-0.2, 0) is 11.3 Å². The van der Waals surface area contributed by atoms with Crippen molar-refractivity contribution in [3.63, 3.8) is 0 Å². The Kier molecular flexibility index (Phi) is 5.01. The molecule has 4 nitrogen and oxygen atoms in total. The molecule has 23 heavy (non-hydrogen) atoms. The Hall–Kier alpha value is -2.23. The van der Waals surface area contributed by atoms with Gasteiger partial charge in [-0.05, 0) is 43.7 Å². The molecule has 4 heteroatoms. The van der Waals surface area contributed by atoms with Gasteiger partial charge in [0, 0.05) is 25.3 Å². The zero-order chi connectivity index (χ0) is 16.1. The average Bonchev–Trinajstić information content (AvgIpc) is 2.59. The van der Waals surface area contributed by atoms with Crippen LogP contribution >= 0.6 is 0 Å². The molecule has 1 atom stereocenters. The van der Waals surface area contributed by atoms with E-state index in [0.717, 1.165) is 18.5 Å². The Morgan fingerprint density at radius 3 is 2.91 bits per heavy atom. The fourth-order valence-electron chi connectivity index (χ4n) is 3.27. The second-order valence-corrected chi connectivity index (χ2v) is 6.20. The van der Waals surface area contributed by atoms with Gasteiger partial charge in [-0.25, -0.2) is 0 Å². The predicted octanol–water partition coefficient (Wildman–Crippen LogP) is 3.94. The minimum absolute atomic E-state index is 0.00463. The van der Waals surface area contributed by atoms with Gasteiger partial charge in [-0.3, -0.25) is 14.8 Å². The second kappa shape index (κ2) is 7.36. The molecule has 1 unspecified atom stereocenters. The van der Waals surface area contributed by atoms with Crippen LogP contribution < -0.4 is 0 Å². The minimum atomic E-state index is -0.00463. The van der Waals surface area contributed by atoms with Gasteiger partial charge in [0.25, 0.3) is 0 Å². The van der Waals surface area contributed by atoms with E-state index in [9.17, 15) is 9.90 Å². The maximum absolute atomic E-state index is 12.3. The van der Waals surface area contributed by atoms with Crippen molar-refractivity contribution in [2.24, 2.45) is 10.9 Å². The van der Waals surface area contributed by atoms with Crippen molar-refractivity contribution in [3.8, 4) is 0 Å². The topological polar surface area (TPSA) is 62.5 Å². The highest BCUT2D eigenvalue weighted by atomic mass is 16.3. The number of nitrogens with zero attached hydrogens (tertiary/aromatic N) is 2. The van der Waals surface area contributed by atoms with E-state index in [4.69, 9.17) is 0 Å². The summed E-state index contributed by atoms with van der Waals surface area (Å²) in [6.45, 7) is 0.416. The first kappa shape index (κ1) is 15.7. The molecule has 2 aliphatic carbocycles. The standard InChI is InChI=1S/C19H22N2O2/c22-18-10-15(14-6-2-1-3-7-14)11-19(23)17(18)13-20-12-16-8-4-5-9-21-16/h4-6,8-9,13,15,22H,1-3,7,10-12H2. The molecule has 1 aromatic rings. The molecule has 120 valence electrons. The van der Waals surface area contributed by atoms with Gasteiger partial charge < -0.3 is 5.11 Å². The molecular formula is C19H22N2O2. The van der Waals surface area contributed by atoms with Crippen LogP contribution in [0.3, 0.4) is 0 Å². The molecule has 0 aliphatic heterocycles. The maximum atomic E-state index is 12.3. The summed E-state index contributed by atoms with van der Waals surface area (Å²) in [5, 5.41) is 10.3. The summed E-state index contributed by atoms with van der Waals surface area (Å²) in [5.74, 6) is 0.355. The van der Waals surface area contributed by atoms with Crippen LogP contribution in [0.15, 0.2) is 52.4 Å².